The summed E-state index contributed by atoms with van der Waals surface area (Å²) >= 11 is 0. The number of unbranched alkanes of at least 4 members (excludes halogenated alkanes) is 3. The molecule has 0 saturated carbocycles. The Balaban J connectivity index is 4.56. The Labute approximate surface area is 183 Å². The Morgan fingerprint density at radius 2 is 0.724 bits per heavy atom. The molecule has 0 rings (SSSR count). The molecular formula is C28H47P. The molecule has 1 heteroatoms. The van der Waals surface area contributed by atoms with Crippen LogP contribution >= 0.6 is 6.89 Å². The zero-order valence-electron chi connectivity index (χ0n) is 19.9. The third-order valence-corrected chi connectivity index (χ3v) is 9.69. The monoisotopic (exact) mass is 414 g/mol. The van der Waals surface area contributed by atoms with Crippen molar-refractivity contribution in [2.45, 2.75) is 78.6 Å². The number of rotatable bonds is 18. The predicted molar refractivity (Wildman–Crippen MR) is 142 cm³/mol. The first kappa shape index (κ1) is 27.7. The van der Waals surface area contributed by atoms with Gasteiger partial charge >= 0.3 is 0 Å². The van der Waals surface area contributed by atoms with Gasteiger partial charge in [-0.1, -0.05) is 72.9 Å². The van der Waals surface area contributed by atoms with Crippen molar-refractivity contribution in [3.05, 3.63) is 72.9 Å². The summed E-state index contributed by atoms with van der Waals surface area (Å²) in [6.07, 6.45) is 19.4. The van der Waals surface area contributed by atoms with Gasteiger partial charge in [-0.2, -0.15) is 0 Å². The van der Waals surface area contributed by atoms with E-state index in [9.17, 15) is 0 Å². The van der Waals surface area contributed by atoms with E-state index in [0.29, 0.717) is 0 Å². The Morgan fingerprint density at radius 1 is 0.483 bits per heavy atom. The molecule has 0 fully saturated rings. The molecule has 0 heterocycles. The Bertz CT molecular complexity index is 565. The lowest BCUT2D eigenvalue weighted by molar-refractivity contribution is 0.767. The third kappa shape index (κ3) is 13.6. The van der Waals surface area contributed by atoms with E-state index in [1.165, 1.54) is 73.7 Å². The van der Waals surface area contributed by atoms with Crippen molar-refractivity contribution >= 4 is 13.2 Å². The summed E-state index contributed by atoms with van der Waals surface area (Å²) in [5.74, 6) is 0. The van der Waals surface area contributed by atoms with Gasteiger partial charge in [0.15, 0.2) is 0 Å². The highest BCUT2D eigenvalue weighted by atomic mass is 31.2. The van der Waals surface area contributed by atoms with Crippen molar-refractivity contribution < 1.29 is 0 Å². The summed E-state index contributed by atoms with van der Waals surface area (Å²) in [6.45, 7) is 29.4. The molecule has 164 valence electrons. The first-order valence-electron chi connectivity index (χ1n) is 11.2. The van der Waals surface area contributed by atoms with Gasteiger partial charge < -0.3 is 0 Å². The molecule has 29 heavy (non-hydrogen) atoms. The topological polar surface area (TPSA) is 0 Å². The molecule has 0 amide bonds. The quantitative estimate of drug-likeness (QED) is 0.119. The van der Waals surface area contributed by atoms with E-state index in [4.69, 9.17) is 6.30 Å². The zero-order chi connectivity index (χ0) is 22.4. The summed E-state index contributed by atoms with van der Waals surface area (Å²) < 4.78 is 0. The van der Waals surface area contributed by atoms with Crippen molar-refractivity contribution in [2.75, 3.05) is 18.5 Å². The van der Waals surface area contributed by atoms with Gasteiger partial charge in [-0.05, 0) is 97.0 Å². The van der Waals surface area contributed by atoms with Crippen LogP contribution in [-0.4, -0.2) is 24.8 Å². The maximum absolute atomic E-state index is 4.82. The second-order valence-corrected chi connectivity index (χ2v) is 13.1. The molecule has 0 aromatic heterocycles. The number of hydrogen-bond donors (Lipinski definition) is 0. The predicted octanol–water partition coefficient (Wildman–Crippen LogP) is 9.34. The summed E-state index contributed by atoms with van der Waals surface area (Å²) in [4.78, 5) is 0. The molecule has 0 atom stereocenters. The van der Waals surface area contributed by atoms with E-state index in [1.54, 1.807) is 0 Å². The molecular weight excluding hydrogens is 367 g/mol. The SMILES string of the molecule is C=C(C)C(=C)CCCCP(=C)(CCCCC(=C)C(=C)C)CCCCC(=C)C(=C)C. The fraction of sp³-hybridized carbons (Fsp3) is 0.536. The fourth-order valence-electron chi connectivity index (χ4n) is 3.33. The molecule has 0 saturated heterocycles. The second-order valence-electron chi connectivity index (χ2n) is 9.04. The van der Waals surface area contributed by atoms with Crippen molar-refractivity contribution in [3.8, 4) is 0 Å². The normalized spacial score (nSPS) is 11.1. The average Bonchev–Trinajstić information content (AvgIpc) is 2.65. The zero-order valence-corrected chi connectivity index (χ0v) is 20.8. The minimum atomic E-state index is -1.13. The van der Waals surface area contributed by atoms with Crippen LogP contribution in [0.4, 0.5) is 0 Å². The Morgan fingerprint density at radius 3 is 0.931 bits per heavy atom. The van der Waals surface area contributed by atoms with Gasteiger partial charge in [0.05, 0.1) is 0 Å². The standard InChI is InChI=1S/C28H47P/c1-23(2)26(7)17-11-14-20-29(10,21-15-12-18-27(8)24(3)4)22-16-13-19-28(9)25(5)6/h1,3,5,7-22H2,2,4,6H3. The lowest BCUT2D eigenvalue weighted by Crippen LogP contribution is -2.03. The molecule has 0 aliphatic heterocycles. The molecule has 0 N–H and O–H groups in total. The van der Waals surface area contributed by atoms with Gasteiger partial charge in [0.2, 0.25) is 0 Å². The van der Waals surface area contributed by atoms with Crippen LogP contribution in [-0.2, 0) is 0 Å². The molecule has 0 radical (unpaired) electrons. The van der Waals surface area contributed by atoms with Gasteiger partial charge in [0.25, 0.3) is 0 Å². The lowest BCUT2D eigenvalue weighted by atomic mass is 10.1. The highest BCUT2D eigenvalue weighted by Gasteiger charge is 2.14. The van der Waals surface area contributed by atoms with Crippen molar-refractivity contribution in [1.82, 2.24) is 0 Å². The number of allylic oxidation sites excluding steroid dienone is 6. The molecule has 0 aliphatic carbocycles. The van der Waals surface area contributed by atoms with E-state index in [1.807, 2.05) is 0 Å². The number of hydrogen-bond acceptors (Lipinski definition) is 0. The third-order valence-electron chi connectivity index (χ3n) is 5.89. The minimum absolute atomic E-state index is 1.08. The lowest BCUT2D eigenvalue weighted by Gasteiger charge is -2.25. The van der Waals surface area contributed by atoms with E-state index in [2.05, 4.69) is 60.2 Å². The van der Waals surface area contributed by atoms with Crippen molar-refractivity contribution in [3.63, 3.8) is 0 Å². The van der Waals surface area contributed by atoms with Gasteiger partial charge in [0.1, 0.15) is 0 Å². The molecule has 0 aromatic rings. The first-order chi connectivity index (χ1) is 13.5. The van der Waals surface area contributed by atoms with Crippen LogP contribution in [0.5, 0.6) is 0 Å². The van der Waals surface area contributed by atoms with E-state index >= 15 is 0 Å². The smallest absolute Gasteiger partial charge is 0.0282 e. The first-order valence-corrected chi connectivity index (χ1v) is 13.7. The van der Waals surface area contributed by atoms with E-state index < -0.39 is 6.89 Å². The molecule has 0 aliphatic rings. The summed E-state index contributed by atoms with van der Waals surface area (Å²) in [5, 5.41) is 0. The van der Waals surface area contributed by atoms with Crippen LogP contribution in [0.2, 0.25) is 0 Å². The molecule has 0 bridgehead atoms. The van der Waals surface area contributed by atoms with Crippen molar-refractivity contribution in [1.29, 1.82) is 0 Å². The summed E-state index contributed by atoms with van der Waals surface area (Å²) in [7, 11) is 0. The summed E-state index contributed by atoms with van der Waals surface area (Å²) in [5.41, 5.74) is 6.97. The fourth-order valence-corrected chi connectivity index (χ4v) is 6.69. The largest absolute Gasteiger partial charge is 0.112 e. The Kier molecular flexibility index (Phi) is 14.0. The van der Waals surface area contributed by atoms with Crippen LogP contribution in [0.3, 0.4) is 0 Å². The Hall–Kier alpha value is -1.26. The highest BCUT2D eigenvalue weighted by molar-refractivity contribution is 7.73. The highest BCUT2D eigenvalue weighted by Crippen LogP contribution is 2.48. The van der Waals surface area contributed by atoms with Crippen LogP contribution in [0, 0.1) is 0 Å². The van der Waals surface area contributed by atoms with Gasteiger partial charge in [-0.15, -0.1) is 13.2 Å². The van der Waals surface area contributed by atoms with Crippen LogP contribution in [0.1, 0.15) is 78.6 Å². The molecule has 0 aromatic carbocycles. The maximum Gasteiger partial charge on any atom is -0.0282 e. The maximum atomic E-state index is 4.82. The van der Waals surface area contributed by atoms with E-state index in [-0.39, 0.29) is 0 Å². The molecule has 0 nitrogen and oxygen atoms in total. The van der Waals surface area contributed by atoms with Gasteiger partial charge in [-0.3, -0.25) is 0 Å². The van der Waals surface area contributed by atoms with Gasteiger partial charge in [-0.25, -0.2) is 0 Å². The summed E-state index contributed by atoms with van der Waals surface area (Å²) in [6, 6.07) is 0. The van der Waals surface area contributed by atoms with Crippen molar-refractivity contribution in [2.24, 2.45) is 0 Å². The van der Waals surface area contributed by atoms with Crippen LogP contribution in [0.15, 0.2) is 72.9 Å². The van der Waals surface area contributed by atoms with Crippen LogP contribution in [0.25, 0.3) is 0 Å². The molecule has 0 unspecified atom stereocenters. The molecule has 0 spiro atoms. The minimum Gasteiger partial charge on any atom is -0.112 e. The average molecular weight is 415 g/mol. The van der Waals surface area contributed by atoms with E-state index in [0.717, 1.165) is 36.0 Å². The van der Waals surface area contributed by atoms with Gasteiger partial charge in [0, 0.05) is 0 Å². The second kappa shape index (κ2) is 14.7. The van der Waals surface area contributed by atoms with Crippen LogP contribution < -0.4 is 0 Å².